The number of nitrogens with zero attached hydrogens (tertiary/aromatic N) is 1. The van der Waals surface area contributed by atoms with E-state index in [2.05, 4.69) is 5.32 Å². The molecule has 1 N–H and O–H groups in total. The molecular formula is C23H28N2O5S. The van der Waals surface area contributed by atoms with Crippen LogP contribution < -0.4 is 14.8 Å². The zero-order valence-corrected chi connectivity index (χ0v) is 18.9. The highest BCUT2D eigenvalue weighted by molar-refractivity contribution is 7.89. The summed E-state index contributed by atoms with van der Waals surface area (Å²) in [5.74, 6) is 1.16. The monoisotopic (exact) mass is 444 g/mol. The van der Waals surface area contributed by atoms with Crippen LogP contribution in [0.25, 0.3) is 0 Å². The van der Waals surface area contributed by atoms with E-state index < -0.39 is 10.0 Å². The minimum absolute atomic E-state index is 0.0441. The first-order valence-electron chi connectivity index (χ1n) is 10.5. The third-order valence-electron chi connectivity index (χ3n) is 5.93. The van der Waals surface area contributed by atoms with Crippen LogP contribution in [-0.2, 0) is 21.4 Å². The average molecular weight is 445 g/mol. The van der Waals surface area contributed by atoms with E-state index in [9.17, 15) is 13.2 Å². The van der Waals surface area contributed by atoms with E-state index in [1.165, 1.54) is 4.31 Å². The van der Waals surface area contributed by atoms with Crippen molar-refractivity contribution >= 4 is 15.9 Å². The highest BCUT2D eigenvalue weighted by Crippen LogP contribution is 2.32. The second kappa shape index (κ2) is 8.51. The minimum atomic E-state index is -3.57. The number of carbonyl (C=O) groups is 1. The number of piperidine rings is 1. The molecule has 1 saturated heterocycles. The van der Waals surface area contributed by atoms with Gasteiger partial charge in [-0.2, -0.15) is 4.31 Å². The van der Waals surface area contributed by atoms with Crippen molar-refractivity contribution in [2.75, 3.05) is 19.9 Å². The Morgan fingerprint density at radius 3 is 2.35 bits per heavy atom. The zero-order valence-electron chi connectivity index (χ0n) is 18.1. The number of carbonyl (C=O) groups excluding carboxylic acids is 1. The van der Waals surface area contributed by atoms with Crippen molar-refractivity contribution in [2.24, 2.45) is 5.92 Å². The molecule has 2 heterocycles. The summed E-state index contributed by atoms with van der Waals surface area (Å²) in [6, 6.07) is 9.40. The summed E-state index contributed by atoms with van der Waals surface area (Å²) in [6.07, 6.45) is 1.02. The first kappa shape index (κ1) is 21.6. The van der Waals surface area contributed by atoms with Gasteiger partial charge >= 0.3 is 0 Å². The number of aryl methyl sites for hydroxylation is 3. The van der Waals surface area contributed by atoms with Crippen LogP contribution in [-0.4, -0.2) is 38.5 Å². The fraction of sp³-hybridized carbons (Fsp3) is 0.435. The van der Waals surface area contributed by atoms with Gasteiger partial charge in [-0.1, -0.05) is 23.8 Å². The van der Waals surface area contributed by atoms with Crippen LogP contribution in [0.4, 0.5) is 0 Å². The summed E-state index contributed by atoms with van der Waals surface area (Å²) in [6.45, 7) is 6.94. The van der Waals surface area contributed by atoms with Gasteiger partial charge in [0, 0.05) is 25.6 Å². The van der Waals surface area contributed by atoms with Crippen LogP contribution in [0.5, 0.6) is 11.5 Å². The highest BCUT2D eigenvalue weighted by Gasteiger charge is 2.33. The first-order valence-corrected chi connectivity index (χ1v) is 11.9. The highest BCUT2D eigenvalue weighted by atomic mass is 32.2. The van der Waals surface area contributed by atoms with E-state index >= 15 is 0 Å². The third-order valence-corrected chi connectivity index (χ3v) is 8.14. The van der Waals surface area contributed by atoms with E-state index in [4.69, 9.17) is 9.47 Å². The van der Waals surface area contributed by atoms with Crippen LogP contribution in [0.1, 0.15) is 35.1 Å². The SMILES string of the molecule is Cc1cc(C)c(S(=O)(=O)N2CCC(C(=O)NCc3ccc4c(c3)OCO4)CC2)c(C)c1. The smallest absolute Gasteiger partial charge is 0.243 e. The van der Waals surface area contributed by atoms with Gasteiger partial charge in [-0.3, -0.25) is 4.79 Å². The van der Waals surface area contributed by atoms with Crippen molar-refractivity contribution < 1.29 is 22.7 Å². The Balaban J connectivity index is 1.35. The molecule has 2 aliphatic rings. The van der Waals surface area contributed by atoms with Crippen LogP contribution in [0.3, 0.4) is 0 Å². The van der Waals surface area contributed by atoms with Gasteiger partial charge in [-0.15, -0.1) is 0 Å². The Labute approximate surface area is 183 Å². The number of hydrogen-bond donors (Lipinski definition) is 1. The molecule has 8 heteroatoms. The molecule has 31 heavy (non-hydrogen) atoms. The Bertz CT molecular complexity index is 1080. The number of fused-ring (bicyclic) bond motifs is 1. The summed E-state index contributed by atoms with van der Waals surface area (Å²) < 4.78 is 38.6. The van der Waals surface area contributed by atoms with Gasteiger partial charge in [-0.25, -0.2) is 8.42 Å². The maximum absolute atomic E-state index is 13.2. The third kappa shape index (κ3) is 4.41. The van der Waals surface area contributed by atoms with Crippen molar-refractivity contribution in [2.45, 2.75) is 45.1 Å². The van der Waals surface area contributed by atoms with Crippen LogP contribution >= 0.6 is 0 Å². The topological polar surface area (TPSA) is 84.9 Å². The molecule has 0 atom stereocenters. The van der Waals surface area contributed by atoms with E-state index in [1.807, 2.05) is 51.1 Å². The molecule has 2 aromatic rings. The molecule has 0 aromatic heterocycles. The van der Waals surface area contributed by atoms with Gasteiger partial charge in [0.2, 0.25) is 22.7 Å². The molecule has 0 aliphatic carbocycles. The van der Waals surface area contributed by atoms with Crippen molar-refractivity contribution in [3.63, 3.8) is 0 Å². The lowest BCUT2D eigenvalue weighted by molar-refractivity contribution is -0.126. The van der Waals surface area contributed by atoms with E-state index in [0.29, 0.717) is 48.9 Å². The number of rotatable bonds is 5. The largest absolute Gasteiger partial charge is 0.454 e. The Kier molecular flexibility index (Phi) is 5.94. The summed E-state index contributed by atoms with van der Waals surface area (Å²) in [5.41, 5.74) is 3.51. The van der Waals surface area contributed by atoms with Crippen LogP contribution in [0.15, 0.2) is 35.2 Å². The van der Waals surface area contributed by atoms with Crippen molar-refractivity contribution in [3.05, 3.63) is 52.6 Å². The quantitative estimate of drug-likeness (QED) is 0.766. The molecule has 2 aliphatic heterocycles. The molecule has 0 unspecified atom stereocenters. The Morgan fingerprint density at radius 1 is 1.03 bits per heavy atom. The summed E-state index contributed by atoms with van der Waals surface area (Å²) >= 11 is 0. The van der Waals surface area contributed by atoms with Gasteiger partial charge in [0.05, 0.1) is 4.90 Å². The first-order chi connectivity index (χ1) is 14.8. The van der Waals surface area contributed by atoms with Crippen molar-refractivity contribution in [1.82, 2.24) is 9.62 Å². The van der Waals surface area contributed by atoms with E-state index in [0.717, 1.165) is 22.3 Å². The Hall–Kier alpha value is -2.58. The molecule has 0 radical (unpaired) electrons. The van der Waals surface area contributed by atoms with Gasteiger partial charge in [0.1, 0.15) is 0 Å². The molecule has 1 amide bonds. The fourth-order valence-corrected chi connectivity index (χ4v) is 6.33. The van der Waals surface area contributed by atoms with Crippen LogP contribution in [0.2, 0.25) is 0 Å². The second-order valence-electron chi connectivity index (χ2n) is 8.31. The number of nitrogens with one attached hydrogen (secondary N) is 1. The molecule has 1 fully saturated rings. The van der Waals surface area contributed by atoms with Gasteiger partial charge in [0.15, 0.2) is 11.5 Å². The molecular weight excluding hydrogens is 416 g/mol. The van der Waals surface area contributed by atoms with Crippen molar-refractivity contribution in [1.29, 1.82) is 0 Å². The molecule has 4 rings (SSSR count). The maximum atomic E-state index is 13.2. The van der Waals surface area contributed by atoms with Gasteiger partial charge < -0.3 is 14.8 Å². The van der Waals surface area contributed by atoms with E-state index in [-0.39, 0.29) is 18.6 Å². The Morgan fingerprint density at radius 2 is 1.68 bits per heavy atom. The molecule has 0 saturated carbocycles. The molecule has 166 valence electrons. The number of ether oxygens (including phenoxy) is 2. The number of sulfonamides is 1. The summed E-state index contributed by atoms with van der Waals surface area (Å²) in [7, 11) is -3.57. The van der Waals surface area contributed by atoms with E-state index in [1.54, 1.807) is 0 Å². The molecule has 2 aromatic carbocycles. The minimum Gasteiger partial charge on any atom is -0.454 e. The lowest BCUT2D eigenvalue weighted by Crippen LogP contribution is -2.43. The molecule has 0 bridgehead atoms. The standard InChI is InChI=1S/C23H28N2O5S/c1-15-10-16(2)22(17(3)11-15)31(27,28)25-8-6-19(7-9-25)23(26)24-13-18-4-5-20-21(12-18)30-14-29-20/h4-5,10-12,19H,6-9,13-14H2,1-3H3,(H,24,26). The maximum Gasteiger partial charge on any atom is 0.243 e. The van der Waals surface area contributed by atoms with Gasteiger partial charge in [-0.05, 0) is 62.4 Å². The molecule has 7 nitrogen and oxygen atoms in total. The number of amides is 1. The summed E-state index contributed by atoms with van der Waals surface area (Å²) in [5, 5.41) is 2.97. The summed E-state index contributed by atoms with van der Waals surface area (Å²) in [4.78, 5) is 13.0. The average Bonchev–Trinajstić information content (AvgIpc) is 3.19. The predicted molar refractivity (Wildman–Crippen MR) is 117 cm³/mol. The number of hydrogen-bond acceptors (Lipinski definition) is 5. The second-order valence-corrected chi connectivity index (χ2v) is 10.2. The molecule has 0 spiro atoms. The lowest BCUT2D eigenvalue weighted by atomic mass is 9.97. The zero-order chi connectivity index (χ0) is 22.2. The normalized spacial score (nSPS) is 17.0. The van der Waals surface area contributed by atoms with Gasteiger partial charge in [0.25, 0.3) is 0 Å². The van der Waals surface area contributed by atoms with Crippen LogP contribution in [0, 0.1) is 26.7 Å². The van der Waals surface area contributed by atoms with Crippen molar-refractivity contribution in [3.8, 4) is 11.5 Å². The number of benzene rings is 2. The predicted octanol–water partition coefficient (Wildman–Crippen LogP) is 3.06. The lowest BCUT2D eigenvalue weighted by Gasteiger charge is -2.31. The fourth-order valence-electron chi connectivity index (χ4n) is 4.45.